The Labute approximate surface area is 85.9 Å². The lowest BCUT2D eigenvalue weighted by molar-refractivity contribution is -0.122. The first-order valence-corrected chi connectivity index (χ1v) is 5.11. The maximum Gasteiger partial charge on any atom is 0.236 e. The molecular formula is C10H22N2O2. The van der Waals surface area contributed by atoms with Crippen molar-refractivity contribution in [3.05, 3.63) is 0 Å². The quantitative estimate of drug-likeness (QED) is 0.572. The van der Waals surface area contributed by atoms with Gasteiger partial charge < -0.3 is 16.2 Å². The summed E-state index contributed by atoms with van der Waals surface area (Å²) in [6, 6.07) is -0.430. The maximum absolute atomic E-state index is 11.4. The predicted molar refractivity (Wildman–Crippen MR) is 56.7 cm³/mol. The lowest BCUT2D eigenvalue weighted by atomic mass is 10.0. The smallest absolute Gasteiger partial charge is 0.236 e. The molecule has 0 aliphatic rings. The molecule has 4 N–H and O–H groups in total. The molecule has 0 aromatic heterocycles. The van der Waals surface area contributed by atoms with Gasteiger partial charge in [0.15, 0.2) is 0 Å². The third kappa shape index (κ3) is 5.94. The summed E-state index contributed by atoms with van der Waals surface area (Å²) in [6.07, 6.45) is 0.694. The van der Waals surface area contributed by atoms with E-state index in [0.29, 0.717) is 18.9 Å². The fourth-order valence-corrected chi connectivity index (χ4v) is 1.09. The zero-order valence-electron chi connectivity index (χ0n) is 9.29. The van der Waals surface area contributed by atoms with E-state index in [2.05, 4.69) is 5.32 Å². The highest BCUT2D eigenvalue weighted by atomic mass is 16.3. The van der Waals surface area contributed by atoms with Gasteiger partial charge in [-0.25, -0.2) is 0 Å². The van der Waals surface area contributed by atoms with Crippen LogP contribution in [0.1, 0.15) is 27.2 Å². The number of hydrogen-bond donors (Lipinski definition) is 3. The van der Waals surface area contributed by atoms with Crippen LogP contribution in [0.25, 0.3) is 0 Å². The van der Waals surface area contributed by atoms with Gasteiger partial charge in [0.05, 0.1) is 6.04 Å². The van der Waals surface area contributed by atoms with Gasteiger partial charge in [-0.15, -0.1) is 0 Å². The van der Waals surface area contributed by atoms with Crippen LogP contribution in [0.2, 0.25) is 0 Å². The van der Waals surface area contributed by atoms with Crippen LogP contribution >= 0.6 is 0 Å². The third-order valence-corrected chi connectivity index (χ3v) is 2.00. The molecule has 0 saturated carbocycles. The summed E-state index contributed by atoms with van der Waals surface area (Å²) in [7, 11) is 0. The highest BCUT2D eigenvalue weighted by molar-refractivity contribution is 5.81. The largest absolute Gasteiger partial charge is 0.396 e. The molecule has 84 valence electrons. The van der Waals surface area contributed by atoms with E-state index >= 15 is 0 Å². The van der Waals surface area contributed by atoms with Crippen LogP contribution in [0.15, 0.2) is 0 Å². The van der Waals surface area contributed by atoms with Crippen LogP contribution < -0.4 is 11.1 Å². The van der Waals surface area contributed by atoms with Crippen LogP contribution in [0, 0.1) is 11.8 Å². The Morgan fingerprint density at radius 2 is 2.00 bits per heavy atom. The van der Waals surface area contributed by atoms with E-state index in [1.165, 1.54) is 0 Å². The Morgan fingerprint density at radius 3 is 2.43 bits per heavy atom. The first-order valence-electron chi connectivity index (χ1n) is 5.11. The number of carbonyl (C=O) groups excluding carboxylic acids is 1. The van der Waals surface area contributed by atoms with E-state index in [1.807, 2.05) is 20.8 Å². The fourth-order valence-electron chi connectivity index (χ4n) is 1.09. The van der Waals surface area contributed by atoms with E-state index in [1.54, 1.807) is 0 Å². The predicted octanol–water partition coefficient (Wildman–Crippen LogP) is 0.104. The monoisotopic (exact) mass is 202 g/mol. The van der Waals surface area contributed by atoms with Crippen LogP contribution in [0.4, 0.5) is 0 Å². The second-order valence-electron chi connectivity index (χ2n) is 4.27. The number of aliphatic hydroxyl groups is 1. The third-order valence-electron chi connectivity index (χ3n) is 2.00. The van der Waals surface area contributed by atoms with Gasteiger partial charge >= 0.3 is 0 Å². The molecule has 0 heterocycles. The topological polar surface area (TPSA) is 75.4 Å². The average Bonchev–Trinajstić information content (AvgIpc) is 2.12. The van der Waals surface area contributed by atoms with Crippen molar-refractivity contribution < 1.29 is 9.90 Å². The summed E-state index contributed by atoms with van der Waals surface area (Å²) >= 11 is 0. The van der Waals surface area contributed by atoms with Crippen LogP contribution in [0.3, 0.4) is 0 Å². The van der Waals surface area contributed by atoms with Crippen molar-refractivity contribution >= 4 is 5.91 Å². The van der Waals surface area contributed by atoms with E-state index in [0.717, 1.165) is 0 Å². The van der Waals surface area contributed by atoms with Crippen molar-refractivity contribution in [3.63, 3.8) is 0 Å². The lowest BCUT2D eigenvalue weighted by Gasteiger charge is -2.15. The molecule has 0 radical (unpaired) electrons. The minimum absolute atomic E-state index is 0.0830. The Morgan fingerprint density at radius 1 is 1.43 bits per heavy atom. The molecule has 0 spiro atoms. The average molecular weight is 202 g/mol. The van der Waals surface area contributed by atoms with Gasteiger partial charge in [-0.1, -0.05) is 20.8 Å². The zero-order valence-corrected chi connectivity index (χ0v) is 9.29. The maximum atomic E-state index is 11.4. The summed E-state index contributed by atoms with van der Waals surface area (Å²) in [6.45, 7) is 6.50. The molecule has 0 saturated heterocycles. The summed E-state index contributed by atoms with van der Waals surface area (Å²) in [5.41, 5.74) is 5.67. The van der Waals surface area contributed by atoms with E-state index in [-0.39, 0.29) is 18.4 Å². The minimum Gasteiger partial charge on any atom is -0.396 e. The standard InChI is InChI=1S/C10H22N2O2/c1-7(2)4-9(11)10(14)12-5-8(3)6-13/h7-9,13H,4-6,11H2,1-3H3,(H,12,14)/t8?,9-/m1/s1. The Bertz CT molecular complexity index is 172. The first kappa shape index (κ1) is 13.4. The summed E-state index contributed by atoms with van der Waals surface area (Å²) < 4.78 is 0. The molecule has 0 rings (SSSR count). The number of rotatable bonds is 6. The number of nitrogens with two attached hydrogens (primary N) is 1. The Hall–Kier alpha value is -0.610. The molecule has 1 unspecified atom stereocenters. The molecule has 0 aliphatic heterocycles. The van der Waals surface area contributed by atoms with Crippen LogP contribution in [-0.4, -0.2) is 30.2 Å². The minimum atomic E-state index is -0.430. The second kappa shape index (κ2) is 6.79. The van der Waals surface area contributed by atoms with Gasteiger partial charge in [0.2, 0.25) is 5.91 Å². The lowest BCUT2D eigenvalue weighted by Crippen LogP contribution is -2.43. The number of aliphatic hydroxyl groups excluding tert-OH is 1. The summed E-state index contributed by atoms with van der Waals surface area (Å²) in [5.74, 6) is 0.384. The molecular weight excluding hydrogens is 180 g/mol. The van der Waals surface area contributed by atoms with E-state index in [9.17, 15) is 4.79 Å². The van der Waals surface area contributed by atoms with E-state index < -0.39 is 6.04 Å². The summed E-state index contributed by atoms with van der Waals surface area (Å²) in [4.78, 5) is 11.4. The first-order chi connectivity index (χ1) is 6.47. The number of carbonyl (C=O) groups is 1. The van der Waals surface area contributed by atoms with Crippen molar-refractivity contribution in [1.29, 1.82) is 0 Å². The molecule has 4 nitrogen and oxygen atoms in total. The molecule has 2 atom stereocenters. The van der Waals surface area contributed by atoms with Crippen LogP contribution in [0.5, 0.6) is 0 Å². The number of hydrogen-bond acceptors (Lipinski definition) is 3. The van der Waals surface area contributed by atoms with Gasteiger partial charge in [0, 0.05) is 13.2 Å². The highest BCUT2D eigenvalue weighted by Gasteiger charge is 2.14. The Kier molecular flexibility index (Phi) is 6.49. The molecule has 1 amide bonds. The van der Waals surface area contributed by atoms with Gasteiger partial charge in [-0.2, -0.15) is 0 Å². The van der Waals surface area contributed by atoms with Crippen molar-refractivity contribution in [3.8, 4) is 0 Å². The molecule has 0 bridgehead atoms. The SMILES string of the molecule is CC(C)C[C@@H](N)C(=O)NCC(C)CO. The zero-order chi connectivity index (χ0) is 11.1. The Balaban J connectivity index is 3.73. The van der Waals surface area contributed by atoms with Crippen molar-refractivity contribution in [1.82, 2.24) is 5.32 Å². The van der Waals surface area contributed by atoms with Gasteiger partial charge in [-0.3, -0.25) is 4.79 Å². The van der Waals surface area contributed by atoms with Crippen LogP contribution in [-0.2, 0) is 4.79 Å². The van der Waals surface area contributed by atoms with E-state index in [4.69, 9.17) is 10.8 Å². The van der Waals surface area contributed by atoms with Crippen molar-refractivity contribution in [2.75, 3.05) is 13.2 Å². The molecule has 0 fully saturated rings. The molecule has 14 heavy (non-hydrogen) atoms. The number of nitrogens with one attached hydrogen (secondary N) is 1. The van der Waals surface area contributed by atoms with Crippen molar-refractivity contribution in [2.24, 2.45) is 17.6 Å². The number of amides is 1. The van der Waals surface area contributed by atoms with Crippen molar-refractivity contribution in [2.45, 2.75) is 33.2 Å². The van der Waals surface area contributed by atoms with Gasteiger partial charge in [0.1, 0.15) is 0 Å². The molecule has 4 heteroatoms. The van der Waals surface area contributed by atoms with Gasteiger partial charge in [0.25, 0.3) is 0 Å². The second-order valence-corrected chi connectivity index (χ2v) is 4.27. The normalized spacial score (nSPS) is 15.3. The molecule has 0 aliphatic carbocycles. The fraction of sp³-hybridized carbons (Fsp3) is 0.900. The highest BCUT2D eigenvalue weighted by Crippen LogP contribution is 2.02. The summed E-state index contributed by atoms with van der Waals surface area (Å²) in [5, 5.41) is 11.5. The molecule has 0 aromatic rings. The molecule has 0 aromatic carbocycles. The van der Waals surface area contributed by atoms with Gasteiger partial charge in [-0.05, 0) is 18.3 Å².